The van der Waals surface area contributed by atoms with E-state index in [-0.39, 0.29) is 5.92 Å². The SMILES string of the molecule is CC(CCc1ncc[nH]1)C(=O)O. The minimum absolute atomic E-state index is 0.296. The number of carboxylic acids is 1. The van der Waals surface area contributed by atoms with Crippen LogP contribution in [0.4, 0.5) is 0 Å². The Morgan fingerprint density at radius 1 is 1.83 bits per heavy atom. The number of carbonyl (C=O) groups is 1. The maximum Gasteiger partial charge on any atom is 0.306 e. The molecule has 0 radical (unpaired) electrons. The highest BCUT2D eigenvalue weighted by molar-refractivity contribution is 5.69. The van der Waals surface area contributed by atoms with Crippen LogP contribution in [0, 0.1) is 5.92 Å². The number of nitrogens with one attached hydrogen (secondary N) is 1. The molecule has 12 heavy (non-hydrogen) atoms. The van der Waals surface area contributed by atoms with Gasteiger partial charge in [-0.1, -0.05) is 6.92 Å². The van der Waals surface area contributed by atoms with Crippen molar-refractivity contribution in [1.29, 1.82) is 0 Å². The lowest BCUT2D eigenvalue weighted by atomic mass is 10.1. The molecule has 1 aromatic rings. The van der Waals surface area contributed by atoms with Gasteiger partial charge >= 0.3 is 5.97 Å². The fraction of sp³-hybridized carbons (Fsp3) is 0.500. The third kappa shape index (κ3) is 2.38. The molecule has 0 bridgehead atoms. The lowest BCUT2D eigenvalue weighted by Crippen LogP contribution is -2.10. The van der Waals surface area contributed by atoms with Gasteiger partial charge in [-0.05, 0) is 6.42 Å². The molecule has 4 heteroatoms. The Balaban J connectivity index is 2.31. The Morgan fingerprint density at radius 3 is 3.08 bits per heavy atom. The van der Waals surface area contributed by atoms with Crippen LogP contribution in [0.3, 0.4) is 0 Å². The predicted molar refractivity (Wildman–Crippen MR) is 43.7 cm³/mol. The second-order valence-corrected chi connectivity index (χ2v) is 2.81. The number of hydrogen-bond acceptors (Lipinski definition) is 2. The average molecular weight is 168 g/mol. The van der Waals surface area contributed by atoms with Gasteiger partial charge in [0.15, 0.2) is 0 Å². The van der Waals surface area contributed by atoms with Crippen molar-refractivity contribution in [2.75, 3.05) is 0 Å². The Morgan fingerprint density at radius 2 is 2.58 bits per heavy atom. The molecule has 0 aromatic carbocycles. The summed E-state index contributed by atoms with van der Waals surface area (Å²) in [5, 5.41) is 8.58. The van der Waals surface area contributed by atoms with E-state index < -0.39 is 5.97 Å². The van der Waals surface area contributed by atoms with Crippen LogP contribution < -0.4 is 0 Å². The Hall–Kier alpha value is -1.32. The number of H-pyrrole nitrogens is 1. The molecular weight excluding hydrogens is 156 g/mol. The number of aryl methyl sites for hydroxylation is 1. The molecule has 0 aliphatic heterocycles. The van der Waals surface area contributed by atoms with Gasteiger partial charge in [0.2, 0.25) is 0 Å². The molecule has 0 aliphatic rings. The lowest BCUT2D eigenvalue weighted by molar-refractivity contribution is -0.141. The summed E-state index contributed by atoms with van der Waals surface area (Å²) in [6.45, 7) is 1.70. The Labute approximate surface area is 70.6 Å². The molecule has 66 valence electrons. The van der Waals surface area contributed by atoms with Gasteiger partial charge in [-0.15, -0.1) is 0 Å². The minimum atomic E-state index is -0.749. The van der Waals surface area contributed by atoms with Crippen LogP contribution in [0.2, 0.25) is 0 Å². The van der Waals surface area contributed by atoms with E-state index >= 15 is 0 Å². The van der Waals surface area contributed by atoms with Crippen molar-refractivity contribution in [2.45, 2.75) is 19.8 Å². The summed E-state index contributed by atoms with van der Waals surface area (Å²) in [4.78, 5) is 17.4. The fourth-order valence-corrected chi connectivity index (χ4v) is 0.911. The van der Waals surface area contributed by atoms with E-state index in [4.69, 9.17) is 5.11 Å². The van der Waals surface area contributed by atoms with Gasteiger partial charge in [-0.2, -0.15) is 0 Å². The molecule has 1 unspecified atom stereocenters. The van der Waals surface area contributed by atoms with E-state index in [0.717, 1.165) is 5.82 Å². The van der Waals surface area contributed by atoms with E-state index in [1.807, 2.05) is 0 Å². The van der Waals surface area contributed by atoms with Gasteiger partial charge < -0.3 is 10.1 Å². The van der Waals surface area contributed by atoms with E-state index in [0.29, 0.717) is 12.8 Å². The first-order valence-electron chi connectivity index (χ1n) is 3.91. The van der Waals surface area contributed by atoms with Gasteiger partial charge in [-0.3, -0.25) is 4.79 Å². The number of aromatic amines is 1. The maximum absolute atomic E-state index is 10.4. The molecule has 0 saturated carbocycles. The number of nitrogens with zero attached hydrogens (tertiary/aromatic N) is 1. The summed E-state index contributed by atoms with van der Waals surface area (Å²) >= 11 is 0. The zero-order chi connectivity index (χ0) is 8.97. The number of carboxylic acid groups (broad SMARTS) is 1. The third-order valence-corrected chi connectivity index (χ3v) is 1.79. The highest BCUT2D eigenvalue weighted by atomic mass is 16.4. The number of hydrogen-bond donors (Lipinski definition) is 2. The topological polar surface area (TPSA) is 66.0 Å². The van der Waals surface area contributed by atoms with Crippen molar-refractivity contribution >= 4 is 5.97 Å². The number of rotatable bonds is 4. The van der Waals surface area contributed by atoms with E-state index in [1.54, 1.807) is 19.3 Å². The molecule has 0 spiro atoms. The molecule has 1 atom stereocenters. The molecule has 0 aliphatic carbocycles. The van der Waals surface area contributed by atoms with Crippen LogP contribution in [-0.2, 0) is 11.2 Å². The van der Waals surface area contributed by atoms with Crippen LogP contribution in [0.25, 0.3) is 0 Å². The van der Waals surface area contributed by atoms with Crippen LogP contribution in [0.15, 0.2) is 12.4 Å². The lowest BCUT2D eigenvalue weighted by Gasteiger charge is -2.02. The molecule has 0 saturated heterocycles. The van der Waals surface area contributed by atoms with Crippen molar-refractivity contribution in [3.05, 3.63) is 18.2 Å². The van der Waals surface area contributed by atoms with Crippen molar-refractivity contribution < 1.29 is 9.90 Å². The number of aliphatic carboxylic acids is 1. The van der Waals surface area contributed by atoms with E-state index in [9.17, 15) is 4.79 Å². The highest BCUT2D eigenvalue weighted by Crippen LogP contribution is 2.05. The fourth-order valence-electron chi connectivity index (χ4n) is 0.911. The van der Waals surface area contributed by atoms with Gasteiger partial charge in [0.05, 0.1) is 5.92 Å². The third-order valence-electron chi connectivity index (χ3n) is 1.79. The summed E-state index contributed by atoms with van der Waals surface area (Å²) < 4.78 is 0. The summed E-state index contributed by atoms with van der Waals surface area (Å²) in [5.41, 5.74) is 0. The average Bonchev–Trinajstić information content (AvgIpc) is 2.51. The molecule has 1 heterocycles. The Kier molecular flexibility index (Phi) is 2.85. The van der Waals surface area contributed by atoms with Crippen LogP contribution >= 0.6 is 0 Å². The zero-order valence-electron chi connectivity index (χ0n) is 6.95. The van der Waals surface area contributed by atoms with Crippen molar-refractivity contribution in [3.63, 3.8) is 0 Å². The largest absolute Gasteiger partial charge is 0.481 e. The molecule has 1 aromatic heterocycles. The molecular formula is C8H12N2O2. The van der Waals surface area contributed by atoms with E-state index in [2.05, 4.69) is 9.97 Å². The maximum atomic E-state index is 10.4. The second kappa shape index (κ2) is 3.90. The van der Waals surface area contributed by atoms with Crippen LogP contribution in [0.5, 0.6) is 0 Å². The van der Waals surface area contributed by atoms with Crippen LogP contribution in [-0.4, -0.2) is 21.0 Å². The predicted octanol–water partition coefficient (Wildman–Crippen LogP) is 1.06. The first-order valence-corrected chi connectivity index (χ1v) is 3.91. The van der Waals surface area contributed by atoms with Gasteiger partial charge in [0.25, 0.3) is 0 Å². The standard InChI is InChI=1S/C8H12N2O2/c1-6(8(11)12)2-3-7-9-4-5-10-7/h4-6H,2-3H2,1H3,(H,9,10)(H,11,12). The van der Waals surface area contributed by atoms with Crippen molar-refractivity contribution in [1.82, 2.24) is 9.97 Å². The highest BCUT2D eigenvalue weighted by Gasteiger charge is 2.10. The molecule has 2 N–H and O–H groups in total. The zero-order valence-corrected chi connectivity index (χ0v) is 6.95. The van der Waals surface area contributed by atoms with E-state index in [1.165, 1.54) is 0 Å². The number of imidazole rings is 1. The molecule has 0 fully saturated rings. The summed E-state index contributed by atoms with van der Waals surface area (Å²) in [7, 11) is 0. The second-order valence-electron chi connectivity index (χ2n) is 2.81. The van der Waals surface area contributed by atoms with Gasteiger partial charge in [0, 0.05) is 18.8 Å². The first kappa shape index (κ1) is 8.77. The minimum Gasteiger partial charge on any atom is -0.481 e. The molecule has 4 nitrogen and oxygen atoms in total. The summed E-state index contributed by atoms with van der Waals surface area (Å²) in [5.74, 6) is -0.195. The summed E-state index contributed by atoms with van der Waals surface area (Å²) in [6.07, 6.45) is 4.73. The Bertz CT molecular complexity index is 244. The van der Waals surface area contributed by atoms with Gasteiger partial charge in [-0.25, -0.2) is 4.98 Å². The normalized spacial score (nSPS) is 12.8. The number of aromatic nitrogens is 2. The van der Waals surface area contributed by atoms with Gasteiger partial charge in [0.1, 0.15) is 5.82 Å². The first-order chi connectivity index (χ1) is 5.70. The smallest absolute Gasteiger partial charge is 0.306 e. The van der Waals surface area contributed by atoms with Crippen LogP contribution in [0.1, 0.15) is 19.2 Å². The quantitative estimate of drug-likeness (QED) is 0.706. The monoisotopic (exact) mass is 168 g/mol. The van der Waals surface area contributed by atoms with Crippen molar-refractivity contribution in [2.24, 2.45) is 5.92 Å². The molecule has 1 rings (SSSR count). The molecule has 0 amide bonds. The summed E-state index contributed by atoms with van der Waals surface area (Å²) in [6, 6.07) is 0. The van der Waals surface area contributed by atoms with Crippen molar-refractivity contribution in [3.8, 4) is 0 Å².